The summed E-state index contributed by atoms with van der Waals surface area (Å²) in [4.78, 5) is 8.62. The molecule has 0 aliphatic carbocycles. The van der Waals surface area contributed by atoms with Crippen molar-refractivity contribution in [3.63, 3.8) is 0 Å². The molecule has 1 atom stereocenters. The van der Waals surface area contributed by atoms with Crippen molar-refractivity contribution in [2.75, 3.05) is 11.9 Å². The Morgan fingerprint density at radius 3 is 2.72 bits per heavy atom. The van der Waals surface area contributed by atoms with Crippen molar-refractivity contribution in [3.8, 4) is 5.88 Å². The van der Waals surface area contributed by atoms with Gasteiger partial charge in [0.2, 0.25) is 5.88 Å². The van der Waals surface area contributed by atoms with Gasteiger partial charge in [0.05, 0.1) is 6.61 Å². The van der Waals surface area contributed by atoms with Crippen LogP contribution in [0, 0.1) is 6.92 Å². The van der Waals surface area contributed by atoms with E-state index in [0.29, 0.717) is 18.5 Å². The molecule has 0 aliphatic rings. The summed E-state index contributed by atoms with van der Waals surface area (Å²) < 4.78 is 5.42. The van der Waals surface area contributed by atoms with Crippen molar-refractivity contribution < 1.29 is 4.74 Å². The lowest BCUT2D eigenvalue weighted by Crippen LogP contribution is -2.16. The number of hydrogen-bond acceptors (Lipinski definition) is 4. The molecular formula is C14H25N3O. The Morgan fingerprint density at radius 1 is 1.28 bits per heavy atom. The van der Waals surface area contributed by atoms with Crippen molar-refractivity contribution in [2.24, 2.45) is 0 Å². The molecule has 0 spiro atoms. The number of nitrogens with one attached hydrogen (secondary N) is 1. The third-order valence-corrected chi connectivity index (χ3v) is 2.74. The number of aryl methyl sites for hydroxylation is 1. The fraction of sp³-hybridized carbons (Fsp3) is 0.714. The Labute approximate surface area is 110 Å². The summed E-state index contributed by atoms with van der Waals surface area (Å²) in [5, 5.41) is 3.41. The number of ether oxygens (including phenoxy) is 1. The summed E-state index contributed by atoms with van der Waals surface area (Å²) in [6, 6.07) is 2.30. The van der Waals surface area contributed by atoms with Gasteiger partial charge in [-0.05, 0) is 27.2 Å². The van der Waals surface area contributed by atoms with Gasteiger partial charge in [0.15, 0.2) is 0 Å². The number of anilines is 1. The van der Waals surface area contributed by atoms with Crippen LogP contribution in [-0.4, -0.2) is 22.6 Å². The second-order valence-corrected chi connectivity index (χ2v) is 4.61. The molecular weight excluding hydrogens is 226 g/mol. The zero-order valence-electron chi connectivity index (χ0n) is 12.0. The first-order chi connectivity index (χ1) is 8.65. The van der Waals surface area contributed by atoms with E-state index < -0.39 is 0 Å². The maximum Gasteiger partial charge on any atom is 0.218 e. The molecule has 0 aliphatic heterocycles. The second-order valence-electron chi connectivity index (χ2n) is 4.61. The van der Waals surface area contributed by atoms with Gasteiger partial charge < -0.3 is 10.1 Å². The molecule has 102 valence electrons. The van der Waals surface area contributed by atoms with Gasteiger partial charge in [-0.1, -0.05) is 26.2 Å². The Balaban J connectivity index is 2.54. The van der Waals surface area contributed by atoms with Crippen LogP contribution >= 0.6 is 0 Å². The molecule has 4 nitrogen and oxygen atoms in total. The summed E-state index contributed by atoms with van der Waals surface area (Å²) in [7, 11) is 0. The summed E-state index contributed by atoms with van der Waals surface area (Å²) in [5.41, 5.74) is 0. The molecule has 0 amide bonds. The first-order valence-corrected chi connectivity index (χ1v) is 6.90. The van der Waals surface area contributed by atoms with Gasteiger partial charge in [-0.2, -0.15) is 4.98 Å². The highest BCUT2D eigenvalue weighted by Crippen LogP contribution is 2.15. The number of aromatic nitrogens is 2. The minimum Gasteiger partial charge on any atom is -0.478 e. The van der Waals surface area contributed by atoms with Gasteiger partial charge in [0.1, 0.15) is 11.6 Å². The monoisotopic (exact) mass is 251 g/mol. The van der Waals surface area contributed by atoms with Gasteiger partial charge in [-0.15, -0.1) is 0 Å². The van der Waals surface area contributed by atoms with E-state index in [-0.39, 0.29) is 0 Å². The molecule has 0 saturated heterocycles. The SMILES string of the molecule is CCCCCC(C)Nc1cc(OCC)nc(C)n1. The van der Waals surface area contributed by atoms with E-state index in [1.54, 1.807) is 0 Å². The van der Waals surface area contributed by atoms with Crippen molar-refractivity contribution in [1.29, 1.82) is 0 Å². The average Bonchev–Trinajstić information content (AvgIpc) is 2.28. The molecule has 0 bridgehead atoms. The van der Waals surface area contributed by atoms with E-state index in [0.717, 1.165) is 11.6 Å². The molecule has 18 heavy (non-hydrogen) atoms. The Kier molecular flexibility index (Phi) is 6.47. The fourth-order valence-corrected chi connectivity index (χ4v) is 1.86. The highest BCUT2D eigenvalue weighted by molar-refractivity contribution is 5.39. The van der Waals surface area contributed by atoms with Crippen LogP contribution in [0.5, 0.6) is 5.88 Å². The summed E-state index contributed by atoms with van der Waals surface area (Å²) >= 11 is 0. The van der Waals surface area contributed by atoms with Crippen LogP contribution in [0.1, 0.15) is 52.3 Å². The Bertz CT molecular complexity index is 355. The topological polar surface area (TPSA) is 47.0 Å². The van der Waals surface area contributed by atoms with Gasteiger partial charge in [0, 0.05) is 12.1 Å². The maximum atomic E-state index is 5.42. The van der Waals surface area contributed by atoms with Crippen molar-refractivity contribution >= 4 is 5.82 Å². The molecule has 1 unspecified atom stereocenters. The van der Waals surface area contributed by atoms with E-state index in [1.165, 1.54) is 25.7 Å². The predicted octanol–water partition coefficient (Wildman–Crippen LogP) is 3.56. The molecule has 1 N–H and O–H groups in total. The third-order valence-electron chi connectivity index (χ3n) is 2.74. The number of nitrogens with zero attached hydrogens (tertiary/aromatic N) is 2. The van der Waals surface area contributed by atoms with Crippen molar-refractivity contribution in [2.45, 2.75) is 59.4 Å². The maximum absolute atomic E-state index is 5.42. The summed E-state index contributed by atoms with van der Waals surface area (Å²) in [6.07, 6.45) is 4.97. The highest BCUT2D eigenvalue weighted by Gasteiger charge is 2.06. The fourth-order valence-electron chi connectivity index (χ4n) is 1.86. The van der Waals surface area contributed by atoms with E-state index in [4.69, 9.17) is 4.74 Å². The van der Waals surface area contributed by atoms with Gasteiger partial charge >= 0.3 is 0 Å². The molecule has 0 aromatic carbocycles. The normalized spacial score (nSPS) is 12.2. The van der Waals surface area contributed by atoms with Gasteiger partial charge in [-0.25, -0.2) is 4.98 Å². The Morgan fingerprint density at radius 2 is 2.06 bits per heavy atom. The van der Waals surface area contributed by atoms with E-state index in [1.807, 2.05) is 19.9 Å². The smallest absolute Gasteiger partial charge is 0.218 e. The largest absolute Gasteiger partial charge is 0.478 e. The molecule has 1 aromatic rings. The molecule has 4 heteroatoms. The molecule has 0 fully saturated rings. The number of unbranched alkanes of at least 4 members (excludes halogenated alkanes) is 2. The molecule has 1 rings (SSSR count). The molecule has 1 heterocycles. The highest BCUT2D eigenvalue weighted by atomic mass is 16.5. The minimum atomic E-state index is 0.431. The lowest BCUT2D eigenvalue weighted by atomic mass is 10.1. The van der Waals surface area contributed by atoms with Crippen LogP contribution in [-0.2, 0) is 0 Å². The molecule has 0 radical (unpaired) electrons. The van der Waals surface area contributed by atoms with E-state index in [9.17, 15) is 0 Å². The van der Waals surface area contributed by atoms with Crippen molar-refractivity contribution in [3.05, 3.63) is 11.9 Å². The zero-order chi connectivity index (χ0) is 13.4. The number of hydrogen-bond donors (Lipinski definition) is 1. The van der Waals surface area contributed by atoms with Gasteiger partial charge in [-0.3, -0.25) is 0 Å². The Hall–Kier alpha value is -1.32. The lowest BCUT2D eigenvalue weighted by molar-refractivity contribution is 0.325. The van der Waals surface area contributed by atoms with Gasteiger partial charge in [0.25, 0.3) is 0 Å². The second kappa shape index (κ2) is 7.90. The lowest BCUT2D eigenvalue weighted by Gasteiger charge is -2.15. The van der Waals surface area contributed by atoms with Crippen LogP contribution in [0.2, 0.25) is 0 Å². The average molecular weight is 251 g/mol. The number of rotatable bonds is 8. The first kappa shape index (κ1) is 14.7. The predicted molar refractivity (Wildman–Crippen MR) is 75.2 cm³/mol. The quantitative estimate of drug-likeness (QED) is 0.718. The van der Waals surface area contributed by atoms with E-state index >= 15 is 0 Å². The third kappa shape index (κ3) is 5.34. The minimum absolute atomic E-state index is 0.431. The summed E-state index contributed by atoms with van der Waals surface area (Å²) in [5.74, 6) is 2.24. The summed E-state index contributed by atoms with van der Waals surface area (Å²) in [6.45, 7) is 8.88. The van der Waals surface area contributed by atoms with E-state index in [2.05, 4.69) is 29.1 Å². The van der Waals surface area contributed by atoms with Crippen LogP contribution in [0.4, 0.5) is 5.82 Å². The molecule has 1 aromatic heterocycles. The van der Waals surface area contributed by atoms with Crippen LogP contribution in [0.15, 0.2) is 6.07 Å². The van der Waals surface area contributed by atoms with Crippen LogP contribution in [0.25, 0.3) is 0 Å². The first-order valence-electron chi connectivity index (χ1n) is 6.90. The van der Waals surface area contributed by atoms with Crippen LogP contribution in [0.3, 0.4) is 0 Å². The van der Waals surface area contributed by atoms with Crippen LogP contribution < -0.4 is 10.1 Å². The molecule has 0 saturated carbocycles. The zero-order valence-corrected chi connectivity index (χ0v) is 12.0. The standard InChI is InChI=1S/C14H25N3O/c1-5-7-8-9-11(3)15-13-10-14(18-6-2)17-12(4)16-13/h10-11H,5-9H2,1-4H3,(H,15,16,17). The van der Waals surface area contributed by atoms with Crippen molar-refractivity contribution in [1.82, 2.24) is 9.97 Å².